The first-order valence-electron chi connectivity index (χ1n) is 6.99. The highest BCUT2D eigenvalue weighted by atomic mass is 16.5. The van der Waals surface area contributed by atoms with Gasteiger partial charge < -0.3 is 15.4 Å². The predicted molar refractivity (Wildman–Crippen MR) is 85.9 cm³/mol. The molecule has 1 amide bonds. The van der Waals surface area contributed by atoms with Gasteiger partial charge >= 0.3 is 0 Å². The van der Waals surface area contributed by atoms with Gasteiger partial charge in [0.25, 0.3) is 0 Å². The van der Waals surface area contributed by atoms with Crippen molar-refractivity contribution in [3.63, 3.8) is 0 Å². The minimum absolute atomic E-state index is 0.0817. The maximum Gasteiger partial charge on any atom is 0.243 e. The van der Waals surface area contributed by atoms with Crippen LogP contribution < -0.4 is 15.4 Å². The summed E-state index contributed by atoms with van der Waals surface area (Å²) in [6.45, 7) is 2.26. The van der Waals surface area contributed by atoms with Gasteiger partial charge in [-0.25, -0.2) is 0 Å². The van der Waals surface area contributed by atoms with Crippen LogP contribution in [0.1, 0.15) is 12.5 Å². The molecule has 110 valence electrons. The van der Waals surface area contributed by atoms with Gasteiger partial charge in [-0.3, -0.25) is 4.79 Å². The molecule has 0 aliphatic carbocycles. The molecule has 4 heteroatoms. The Morgan fingerprint density at radius 1 is 1.05 bits per heavy atom. The first-order valence-corrected chi connectivity index (χ1v) is 6.99. The summed E-state index contributed by atoms with van der Waals surface area (Å²) in [6, 6.07) is 15.3. The Balaban J connectivity index is 1.96. The zero-order valence-electron chi connectivity index (χ0n) is 12.3. The number of ether oxygens (including phenoxy) is 1. The summed E-state index contributed by atoms with van der Waals surface area (Å²) in [5, 5.41) is 6.01. The van der Waals surface area contributed by atoms with E-state index in [1.54, 1.807) is 7.11 Å². The van der Waals surface area contributed by atoms with Crippen molar-refractivity contribution in [1.29, 1.82) is 0 Å². The molecule has 0 fully saturated rings. The minimum Gasteiger partial charge on any atom is -0.495 e. The number of para-hydroxylation sites is 3. The lowest BCUT2D eigenvalue weighted by Gasteiger charge is -2.12. The van der Waals surface area contributed by atoms with E-state index in [0.717, 1.165) is 29.1 Å². The van der Waals surface area contributed by atoms with Gasteiger partial charge in [0.15, 0.2) is 0 Å². The summed E-state index contributed by atoms with van der Waals surface area (Å²) in [5.74, 6) is 0.640. The van der Waals surface area contributed by atoms with Gasteiger partial charge in [-0.2, -0.15) is 0 Å². The van der Waals surface area contributed by atoms with Crippen molar-refractivity contribution in [3.05, 3.63) is 54.1 Å². The van der Waals surface area contributed by atoms with Crippen molar-refractivity contribution < 1.29 is 9.53 Å². The van der Waals surface area contributed by atoms with Crippen molar-refractivity contribution in [2.24, 2.45) is 0 Å². The van der Waals surface area contributed by atoms with Crippen LogP contribution in [0.4, 0.5) is 11.4 Å². The molecule has 0 radical (unpaired) electrons. The summed E-state index contributed by atoms with van der Waals surface area (Å²) in [4.78, 5) is 12.0. The molecule has 2 aromatic carbocycles. The molecule has 0 bridgehead atoms. The molecule has 21 heavy (non-hydrogen) atoms. The van der Waals surface area contributed by atoms with Crippen molar-refractivity contribution in [2.45, 2.75) is 13.3 Å². The van der Waals surface area contributed by atoms with Crippen LogP contribution in [0.3, 0.4) is 0 Å². The van der Waals surface area contributed by atoms with Crippen molar-refractivity contribution in [1.82, 2.24) is 0 Å². The Hall–Kier alpha value is -2.49. The lowest BCUT2D eigenvalue weighted by Crippen LogP contribution is -2.22. The molecule has 0 aliphatic rings. The molecule has 0 aliphatic heterocycles. The van der Waals surface area contributed by atoms with E-state index >= 15 is 0 Å². The van der Waals surface area contributed by atoms with Crippen LogP contribution in [0.2, 0.25) is 0 Å². The van der Waals surface area contributed by atoms with Gasteiger partial charge in [0, 0.05) is 5.69 Å². The third kappa shape index (κ3) is 3.99. The number of aryl methyl sites for hydroxylation is 1. The second kappa shape index (κ2) is 7.33. The summed E-state index contributed by atoms with van der Waals surface area (Å²) >= 11 is 0. The van der Waals surface area contributed by atoms with Crippen LogP contribution in [0, 0.1) is 0 Å². The number of rotatable bonds is 6. The number of carbonyl (C=O) groups is 1. The standard InChI is InChI=1S/C17H20N2O2/c1-3-13-8-4-5-9-14(13)19-17(20)12-18-15-10-6-7-11-16(15)21-2/h4-11,18H,3,12H2,1-2H3,(H,19,20). The summed E-state index contributed by atoms with van der Waals surface area (Å²) in [5.41, 5.74) is 2.80. The Morgan fingerprint density at radius 2 is 1.71 bits per heavy atom. The minimum atomic E-state index is -0.0817. The molecule has 0 atom stereocenters. The largest absolute Gasteiger partial charge is 0.495 e. The summed E-state index contributed by atoms with van der Waals surface area (Å²) < 4.78 is 5.24. The first kappa shape index (κ1) is 14.9. The second-order valence-electron chi connectivity index (χ2n) is 4.61. The Morgan fingerprint density at radius 3 is 2.43 bits per heavy atom. The number of hydrogen-bond acceptors (Lipinski definition) is 3. The monoisotopic (exact) mass is 284 g/mol. The molecule has 4 nitrogen and oxygen atoms in total. The van der Waals surface area contributed by atoms with Crippen LogP contribution in [0.25, 0.3) is 0 Å². The van der Waals surface area contributed by atoms with Gasteiger partial charge in [-0.15, -0.1) is 0 Å². The fourth-order valence-corrected chi connectivity index (χ4v) is 2.11. The SMILES string of the molecule is CCc1ccccc1NC(=O)CNc1ccccc1OC. The molecule has 0 saturated heterocycles. The molecule has 2 N–H and O–H groups in total. The molecule has 0 heterocycles. The van der Waals surface area contributed by atoms with E-state index in [1.165, 1.54) is 0 Å². The van der Waals surface area contributed by atoms with Gasteiger partial charge in [0.05, 0.1) is 19.3 Å². The molecule has 0 aromatic heterocycles. The summed E-state index contributed by atoms with van der Waals surface area (Å²) in [6.07, 6.45) is 0.885. The van der Waals surface area contributed by atoms with E-state index in [0.29, 0.717) is 0 Å². The summed E-state index contributed by atoms with van der Waals surface area (Å²) in [7, 11) is 1.61. The number of methoxy groups -OCH3 is 1. The molecule has 0 unspecified atom stereocenters. The number of carbonyl (C=O) groups excluding carboxylic acids is 1. The van der Waals surface area contributed by atoms with E-state index in [4.69, 9.17) is 4.74 Å². The van der Waals surface area contributed by atoms with Crippen LogP contribution in [0.15, 0.2) is 48.5 Å². The van der Waals surface area contributed by atoms with Crippen LogP contribution >= 0.6 is 0 Å². The molecule has 0 saturated carbocycles. The lowest BCUT2D eigenvalue weighted by atomic mass is 10.1. The molecule has 2 rings (SSSR count). The maximum absolute atomic E-state index is 12.0. The highest BCUT2D eigenvalue weighted by molar-refractivity contribution is 5.94. The van der Waals surface area contributed by atoms with E-state index in [1.807, 2.05) is 48.5 Å². The molecular formula is C17H20N2O2. The van der Waals surface area contributed by atoms with Crippen molar-refractivity contribution >= 4 is 17.3 Å². The number of hydrogen-bond donors (Lipinski definition) is 2. The first-order chi connectivity index (χ1) is 10.2. The van der Waals surface area contributed by atoms with E-state index in [2.05, 4.69) is 17.6 Å². The van der Waals surface area contributed by atoms with E-state index < -0.39 is 0 Å². The second-order valence-corrected chi connectivity index (χ2v) is 4.61. The third-order valence-electron chi connectivity index (χ3n) is 3.22. The van der Waals surface area contributed by atoms with Crippen molar-refractivity contribution in [3.8, 4) is 5.75 Å². The van der Waals surface area contributed by atoms with E-state index in [-0.39, 0.29) is 12.5 Å². The molecular weight excluding hydrogens is 264 g/mol. The number of nitrogens with one attached hydrogen (secondary N) is 2. The normalized spacial score (nSPS) is 10.0. The Bertz CT molecular complexity index is 611. The average Bonchev–Trinajstić information content (AvgIpc) is 2.53. The number of benzene rings is 2. The quantitative estimate of drug-likeness (QED) is 0.855. The third-order valence-corrected chi connectivity index (χ3v) is 3.22. The number of anilines is 2. The van der Waals surface area contributed by atoms with Crippen LogP contribution in [0.5, 0.6) is 5.75 Å². The van der Waals surface area contributed by atoms with Gasteiger partial charge in [-0.05, 0) is 30.2 Å². The Labute approximate surface area is 125 Å². The van der Waals surface area contributed by atoms with Gasteiger partial charge in [0.1, 0.15) is 5.75 Å². The van der Waals surface area contributed by atoms with E-state index in [9.17, 15) is 4.79 Å². The fraction of sp³-hybridized carbons (Fsp3) is 0.235. The molecule has 0 spiro atoms. The zero-order valence-corrected chi connectivity index (χ0v) is 12.3. The smallest absolute Gasteiger partial charge is 0.243 e. The fourth-order valence-electron chi connectivity index (χ4n) is 2.11. The van der Waals surface area contributed by atoms with Crippen molar-refractivity contribution in [2.75, 3.05) is 24.3 Å². The predicted octanol–water partition coefficient (Wildman–Crippen LogP) is 3.31. The number of amides is 1. The maximum atomic E-state index is 12.0. The highest BCUT2D eigenvalue weighted by Crippen LogP contribution is 2.22. The van der Waals surface area contributed by atoms with Crippen LogP contribution in [-0.2, 0) is 11.2 Å². The van der Waals surface area contributed by atoms with Gasteiger partial charge in [0.2, 0.25) is 5.91 Å². The molecule has 2 aromatic rings. The Kier molecular flexibility index (Phi) is 5.21. The average molecular weight is 284 g/mol. The highest BCUT2D eigenvalue weighted by Gasteiger charge is 2.07. The van der Waals surface area contributed by atoms with Crippen LogP contribution in [-0.4, -0.2) is 19.6 Å². The van der Waals surface area contributed by atoms with Gasteiger partial charge in [-0.1, -0.05) is 37.3 Å². The lowest BCUT2D eigenvalue weighted by molar-refractivity contribution is -0.114. The topological polar surface area (TPSA) is 50.4 Å². The zero-order chi connectivity index (χ0) is 15.1.